The number of hydrogen-bond acceptors (Lipinski definition) is 4. The maximum atomic E-state index is 6.69. The first-order valence-electron chi connectivity index (χ1n) is 17.1. The van der Waals surface area contributed by atoms with Crippen LogP contribution in [0, 0.1) is 0 Å². The monoisotopic (exact) mass is 651 g/mol. The summed E-state index contributed by atoms with van der Waals surface area (Å²) in [7, 11) is 0. The van der Waals surface area contributed by atoms with Gasteiger partial charge in [-0.25, -0.2) is 15.0 Å². The molecule has 0 radical (unpaired) electrons. The van der Waals surface area contributed by atoms with E-state index >= 15 is 0 Å². The predicted octanol–water partition coefficient (Wildman–Crippen LogP) is 12.4. The molecule has 10 rings (SSSR count). The van der Waals surface area contributed by atoms with E-state index in [1.807, 2.05) is 36.4 Å². The summed E-state index contributed by atoms with van der Waals surface area (Å²) < 4.78 is 6.69. The van der Waals surface area contributed by atoms with Gasteiger partial charge in [-0.15, -0.1) is 0 Å². The van der Waals surface area contributed by atoms with Crippen LogP contribution in [0.3, 0.4) is 0 Å². The zero-order valence-electron chi connectivity index (χ0n) is 27.5. The van der Waals surface area contributed by atoms with Crippen molar-refractivity contribution in [3.63, 3.8) is 0 Å². The molecular weight excluding hydrogens is 623 g/mol. The Kier molecular flexibility index (Phi) is 6.78. The Labute approximate surface area is 294 Å². The first-order chi connectivity index (χ1) is 25.3. The quantitative estimate of drug-likeness (QED) is 0.186. The zero-order chi connectivity index (χ0) is 33.7. The van der Waals surface area contributed by atoms with Crippen molar-refractivity contribution in [2.45, 2.75) is 0 Å². The average Bonchev–Trinajstić information content (AvgIpc) is 3.59. The summed E-state index contributed by atoms with van der Waals surface area (Å²) in [4.78, 5) is 15.3. The summed E-state index contributed by atoms with van der Waals surface area (Å²) in [5, 5.41) is 6.62. The van der Waals surface area contributed by atoms with Crippen LogP contribution < -0.4 is 0 Å². The third-order valence-corrected chi connectivity index (χ3v) is 9.74. The van der Waals surface area contributed by atoms with E-state index in [2.05, 4.69) is 140 Å². The van der Waals surface area contributed by atoms with Gasteiger partial charge in [0.2, 0.25) is 0 Å². The summed E-state index contributed by atoms with van der Waals surface area (Å²) in [6.07, 6.45) is 0. The molecule has 4 nitrogen and oxygen atoms in total. The lowest BCUT2D eigenvalue weighted by Gasteiger charge is -2.13. The first-order valence-corrected chi connectivity index (χ1v) is 17.1. The van der Waals surface area contributed by atoms with Gasteiger partial charge in [0.1, 0.15) is 11.2 Å². The van der Waals surface area contributed by atoms with Gasteiger partial charge < -0.3 is 4.42 Å². The van der Waals surface area contributed by atoms with Gasteiger partial charge >= 0.3 is 0 Å². The average molecular weight is 652 g/mol. The topological polar surface area (TPSA) is 51.8 Å². The third kappa shape index (κ3) is 4.96. The van der Waals surface area contributed by atoms with Crippen LogP contribution in [0.15, 0.2) is 180 Å². The van der Waals surface area contributed by atoms with Crippen molar-refractivity contribution in [3.8, 4) is 56.4 Å². The van der Waals surface area contributed by atoms with Crippen LogP contribution in [0.2, 0.25) is 0 Å². The zero-order valence-corrected chi connectivity index (χ0v) is 27.5. The highest BCUT2D eigenvalue weighted by atomic mass is 16.3. The van der Waals surface area contributed by atoms with Crippen LogP contribution in [0.5, 0.6) is 0 Å². The van der Waals surface area contributed by atoms with E-state index in [9.17, 15) is 0 Å². The number of aromatic nitrogens is 3. The van der Waals surface area contributed by atoms with E-state index in [1.54, 1.807) is 0 Å². The van der Waals surface area contributed by atoms with E-state index < -0.39 is 0 Å². The Hall–Kier alpha value is -6.91. The second-order valence-corrected chi connectivity index (χ2v) is 12.8. The number of hydrogen-bond donors (Lipinski definition) is 0. The second-order valence-electron chi connectivity index (χ2n) is 12.8. The number of furan rings is 1. The molecule has 8 aromatic carbocycles. The predicted molar refractivity (Wildman–Crippen MR) is 209 cm³/mol. The van der Waals surface area contributed by atoms with Crippen LogP contribution in [0.1, 0.15) is 0 Å². The fourth-order valence-corrected chi connectivity index (χ4v) is 7.30. The maximum absolute atomic E-state index is 6.69. The smallest absolute Gasteiger partial charge is 0.164 e. The minimum atomic E-state index is 0.590. The molecule has 0 bridgehead atoms. The van der Waals surface area contributed by atoms with Gasteiger partial charge in [-0.3, -0.25) is 0 Å². The molecule has 0 spiro atoms. The normalized spacial score (nSPS) is 11.5. The van der Waals surface area contributed by atoms with Crippen molar-refractivity contribution in [1.29, 1.82) is 0 Å². The molecular formula is C47H29N3O. The molecule has 0 amide bonds. The second kappa shape index (κ2) is 11.9. The highest BCUT2D eigenvalue weighted by molar-refractivity contribution is 6.19. The van der Waals surface area contributed by atoms with E-state index in [4.69, 9.17) is 19.4 Å². The molecule has 0 unspecified atom stereocenters. The lowest BCUT2D eigenvalue weighted by Crippen LogP contribution is -2.00. The Bertz CT molecular complexity index is 2900. The summed E-state index contributed by atoms with van der Waals surface area (Å²) >= 11 is 0. The molecule has 0 aliphatic carbocycles. The summed E-state index contributed by atoms with van der Waals surface area (Å²) in [5.74, 6) is 1.83. The van der Waals surface area contributed by atoms with Crippen LogP contribution in [0.25, 0.3) is 99.9 Å². The SMILES string of the molecule is c1ccc(-c2nc(-c3ccc4c(c3)oc3c5ccccc5c(-c5ccccc5)cc43)nc(-c3ccc(-c4ccccc4)c4ccccc34)n2)cc1. The highest BCUT2D eigenvalue weighted by Crippen LogP contribution is 2.41. The van der Waals surface area contributed by atoms with Crippen molar-refractivity contribution in [1.82, 2.24) is 15.0 Å². The summed E-state index contributed by atoms with van der Waals surface area (Å²) in [6, 6.07) is 61.0. The Morgan fingerprint density at radius 2 is 0.784 bits per heavy atom. The molecule has 51 heavy (non-hydrogen) atoms. The standard InChI is InChI=1S/C47H29N3O/c1-4-14-30(15-5-1)34-26-27-40(36-21-11-10-20-35(34)36)47-49-45(32-18-8-3-9-19-32)48-46(50-47)33-24-25-38-42-29-41(31-16-6-2-7-17-31)37-22-12-13-23-39(37)44(42)51-43(38)28-33/h1-29H. The molecule has 2 aromatic heterocycles. The van der Waals surface area contributed by atoms with Crippen molar-refractivity contribution in [2.24, 2.45) is 0 Å². The third-order valence-electron chi connectivity index (χ3n) is 9.74. The van der Waals surface area contributed by atoms with Gasteiger partial charge in [-0.05, 0) is 62.7 Å². The molecule has 238 valence electrons. The molecule has 4 heteroatoms. The molecule has 0 N–H and O–H groups in total. The molecule has 0 aliphatic heterocycles. The van der Waals surface area contributed by atoms with Gasteiger partial charge in [0.25, 0.3) is 0 Å². The summed E-state index contributed by atoms with van der Waals surface area (Å²) in [5.41, 5.74) is 9.12. The van der Waals surface area contributed by atoms with Gasteiger partial charge in [0.15, 0.2) is 17.5 Å². The van der Waals surface area contributed by atoms with Crippen molar-refractivity contribution in [2.75, 3.05) is 0 Å². The molecule has 0 aliphatic rings. The van der Waals surface area contributed by atoms with Crippen molar-refractivity contribution < 1.29 is 4.42 Å². The van der Waals surface area contributed by atoms with Crippen LogP contribution in [0.4, 0.5) is 0 Å². The van der Waals surface area contributed by atoms with Gasteiger partial charge in [0, 0.05) is 32.8 Å². The Morgan fingerprint density at radius 1 is 0.294 bits per heavy atom. The highest BCUT2D eigenvalue weighted by Gasteiger charge is 2.19. The van der Waals surface area contributed by atoms with E-state index in [0.29, 0.717) is 17.5 Å². The number of fused-ring (bicyclic) bond motifs is 6. The minimum absolute atomic E-state index is 0.590. The summed E-state index contributed by atoms with van der Waals surface area (Å²) in [6.45, 7) is 0. The number of rotatable bonds is 5. The van der Waals surface area contributed by atoms with Gasteiger partial charge in [-0.2, -0.15) is 0 Å². The van der Waals surface area contributed by atoms with E-state index in [-0.39, 0.29) is 0 Å². The van der Waals surface area contributed by atoms with Crippen molar-refractivity contribution >= 4 is 43.5 Å². The molecule has 0 saturated heterocycles. The fourth-order valence-electron chi connectivity index (χ4n) is 7.30. The lowest BCUT2D eigenvalue weighted by molar-refractivity contribution is 0.673. The Balaban J connectivity index is 1.17. The molecule has 0 fully saturated rings. The van der Waals surface area contributed by atoms with Crippen molar-refractivity contribution in [3.05, 3.63) is 176 Å². The molecule has 10 aromatic rings. The molecule has 0 saturated carbocycles. The number of nitrogens with zero attached hydrogens (tertiary/aromatic N) is 3. The minimum Gasteiger partial charge on any atom is -0.455 e. The van der Waals surface area contributed by atoms with E-state index in [0.717, 1.165) is 60.2 Å². The number of benzene rings is 8. The lowest BCUT2D eigenvalue weighted by atomic mass is 9.94. The maximum Gasteiger partial charge on any atom is 0.164 e. The largest absolute Gasteiger partial charge is 0.455 e. The van der Waals surface area contributed by atoms with Gasteiger partial charge in [-0.1, -0.05) is 152 Å². The van der Waals surface area contributed by atoms with E-state index in [1.165, 1.54) is 22.3 Å². The Morgan fingerprint density at radius 3 is 1.45 bits per heavy atom. The fraction of sp³-hybridized carbons (Fsp3) is 0. The molecule has 2 heterocycles. The van der Waals surface area contributed by atoms with Crippen LogP contribution >= 0.6 is 0 Å². The van der Waals surface area contributed by atoms with Crippen LogP contribution in [-0.4, -0.2) is 15.0 Å². The first kappa shape index (κ1) is 29.0. The molecule has 0 atom stereocenters. The van der Waals surface area contributed by atoms with Crippen LogP contribution in [-0.2, 0) is 0 Å². The van der Waals surface area contributed by atoms with Gasteiger partial charge in [0.05, 0.1) is 0 Å².